The van der Waals surface area contributed by atoms with E-state index in [1.807, 2.05) is 61.5 Å². The minimum absolute atomic E-state index is 0.150. The van der Waals surface area contributed by atoms with Crippen molar-refractivity contribution < 1.29 is 4.79 Å². The van der Waals surface area contributed by atoms with E-state index in [-0.39, 0.29) is 5.91 Å². The van der Waals surface area contributed by atoms with Crippen LogP contribution in [-0.2, 0) is 4.79 Å². The fourth-order valence-corrected chi connectivity index (χ4v) is 1.87. The number of carbonyl (C=O) groups is 1. The number of amides is 1. The second-order valence-corrected chi connectivity index (χ2v) is 4.56. The normalized spacial score (nSPS) is 10.4. The van der Waals surface area contributed by atoms with Gasteiger partial charge in [-0.15, -0.1) is 0 Å². The van der Waals surface area contributed by atoms with Crippen molar-refractivity contribution in [3.63, 3.8) is 0 Å². The standard InChI is InChI=1S/C18H17NO/c1-14(2)16-10-6-7-11-17(16)19-18(20)13-12-15-8-4-3-5-9-15/h3-13H,1H2,2H3,(H,19,20). The molecule has 0 radical (unpaired) electrons. The molecule has 0 spiro atoms. The Labute approximate surface area is 119 Å². The minimum atomic E-state index is -0.150. The summed E-state index contributed by atoms with van der Waals surface area (Å²) in [4.78, 5) is 11.9. The molecule has 2 heteroatoms. The van der Waals surface area contributed by atoms with Crippen LogP contribution in [0.2, 0.25) is 0 Å². The van der Waals surface area contributed by atoms with Crippen molar-refractivity contribution in [2.24, 2.45) is 0 Å². The fraction of sp³-hybridized carbons (Fsp3) is 0.0556. The average Bonchev–Trinajstić information content (AvgIpc) is 2.46. The number of anilines is 1. The Hall–Kier alpha value is -2.61. The van der Waals surface area contributed by atoms with E-state index in [1.54, 1.807) is 6.08 Å². The molecule has 0 saturated carbocycles. The van der Waals surface area contributed by atoms with Gasteiger partial charge in [-0.05, 0) is 30.2 Å². The van der Waals surface area contributed by atoms with Crippen molar-refractivity contribution in [2.75, 3.05) is 5.32 Å². The number of rotatable bonds is 4. The molecule has 0 aromatic heterocycles. The summed E-state index contributed by atoms with van der Waals surface area (Å²) in [5, 5.41) is 2.88. The molecule has 2 aromatic rings. The van der Waals surface area contributed by atoms with Gasteiger partial charge in [0.1, 0.15) is 0 Å². The van der Waals surface area contributed by atoms with Gasteiger partial charge in [-0.1, -0.05) is 55.1 Å². The molecule has 2 aromatic carbocycles. The Morgan fingerprint density at radius 3 is 2.40 bits per heavy atom. The molecule has 100 valence electrons. The maximum absolute atomic E-state index is 11.9. The summed E-state index contributed by atoms with van der Waals surface area (Å²) in [5.74, 6) is -0.150. The SMILES string of the molecule is C=C(C)c1ccccc1NC(=O)C=Cc1ccccc1. The first kappa shape index (κ1) is 13.8. The van der Waals surface area contributed by atoms with Gasteiger partial charge < -0.3 is 5.32 Å². The lowest BCUT2D eigenvalue weighted by Gasteiger charge is -2.09. The van der Waals surface area contributed by atoms with Crippen molar-refractivity contribution in [3.8, 4) is 0 Å². The van der Waals surface area contributed by atoms with E-state index < -0.39 is 0 Å². The third-order valence-electron chi connectivity index (χ3n) is 2.87. The summed E-state index contributed by atoms with van der Waals surface area (Å²) >= 11 is 0. The highest BCUT2D eigenvalue weighted by Crippen LogP contribution is 2.21. The summed E-state index contributed by atoms with van der Waals surface area (Å²) in [6.07, 6.45) is 3.32. The molecule has 0 aliphatic carbocycles. The monoisotopic (exact) mass is 263 g/mol. The van der Waals surface area contributed by atoms with Crippen LogP contribution in [0, 0.1) is 0 Å². The summed E-state index contributed by atoms with van der Waals surface area (Å²) in [6, 6.07) is 17.4. The van der Waals surface area contributed by atoms with Crippen LogP contribution in [0.4, 0.5) is 5.69 Å². The first-order valence-corrected chi connectivity index (χ1v) is 6.46. The summed E-state index contributed by atoms with van der Waals surface area (Å²) in [5.41, 5.74) is 3.65. The first-order chi connectivity index (χ1) is 9.66. The molecule has 2 nitrogen and oxygen atoms in total. The molecule has 1 amide bonds. The predicted molar refractivity (Wildman–Crippen MR) is 85.3 cm³/mol. The number of allylic oxidation sites excluding steroid dienone is 1. The zero-order chi connectivity index (χ0) is 14.4. The van der Waals surface area contributed by atoms with Crippen LogP contribution < -0.4 is 5.32 Å². The van der Waals surface area contributed by atoms with E-state index >= 15 is 0 Å². The third-order valence-corrected chi connectivity index (χ3v) is 2.87. The van der Waals surface area contributed by atoms with Gasteiger partial charge in [0.15, 0.2) is 0 Å². The number of nitrogens with one attached hydrogen (secondary N) is 1. The lowest BCUT2D eigenvalue weighted by Crippen LogP contribution is -2.09. The predicted octanol–water partition coefficient (Wildman–Crippen LogP) is 4.37. The van der Waals surface area contributed by atoms with Crippen LogP contribution in [0.15, 0.2) is 67.3 Å². The lowest BCUT2D eigenvalue weighted by atomic mass is 10.1. The van der Waals surface area contributed by atoms with Gasteiger partial charge in [-0.25, -0.2) is 0 Å². The number of carbonyl (C=O) groups excluding carboxylic acids is 1. The molecule has 0 saturated heterocycles. The molecule has 0 atom stereocenters. The Morgan fingerprint density at radius 2 is 1.70 bits per heavy atom. The highest BCUT2D eigenvalue weighted by molar-refractivity contribution is 6.03. The Balaban J connectivity index is 2.09. The summed E-state index contributed by atoms with van der Waals surface area (Å²) in [6.45, 7) is 5.84. The van der Waals surface area contributed by atoms with Crippen molar-refractivity contribution in [2.45, 2.75) is 6.92 Å². The van der Waals surface area contributed by atoms with Gasteiger partial charge in [0.05, 0.1) is 0 Å². The van der Waals surface area contributed by atoms with E-state index in [4.69, 9.17) is 0 Å². The molecule has 1 N–H and O–H groups in total. The average molecular weight is 263 g/mol. The van der Waals surface area contributed by atoms with Gasteiger partial charge >= 0.3 is 0 Å². The summed E-state index contributed by atoms with van der Waals surface area (Å²) < 4.78 is 0. The second-order valence-electron chi connectivity index (χ2n) is 4.56. The number of para-hydroxylation sites is 1. The Bertz CT molecular complexity index is 641. The third kappa shape index (κ3) is 3.69. The van der Waals surface area contributed by atoms with Crippen LogP contribution in [0.3, 0.4) is 0 Å². The van der Waals surface area contributed by atoms with Crippen LogP contribution in [0.1, 0.15) is 18.1 Å². The van der Waals surface area contributed by atoms with Crippen molar-refractivity contribution >= 4 is 23.2 Å². The van der Waals surface area contributed by atoms with Crippen molar-refractivity contribution in [3.05, 3.63) is 78.4 Å². The maximum atomic E-state index is 11.9. The zero-order valence-electron chi connectivity index (χ0n) is 11.5. The van der Waals surface area contributed by atoms with E-state index in [9.17, 15) is 4.79 Å². The molecule has 0 aliphatic rings. The van der Waals surface area contributed by atoms with Crippen molar-refractivity contribution in [1.82, 2.24) is 0 Å². The van der Waals surface area contributed by atoms with Gasteiger partial charge in [0.2, 0.25) is 5.91 Å². The highest BCUT2D eigenvalue weighted by Gasteiger charge is 2.04. The molecule has 20 heavy (non-hydrogen) atoms. The molecule has 2 rings (SSSR count). The second kappa shape index (κ2) is 6.53. The molecular weight excluding hydrogens is 246 g/mol. The van der Waals surface area contributed by atoms with Crippen LogP contribution in [-0.4, -0.2) is 5.91 Å². The Kier molecular flexibility index (Phi) is 4.51. The summed E-state index contributed by atoms with van der Waals surface area (Å²) in [7, 11) is 0. The van der Waals surface area contributed by atoms with E-state index in [0.29, 0.717) is 0 Å². The van der Waals surface area contributed by atoms with Crippen LogP contribution in [0.5, 0.6) is 0 Å². The molecule has 0 heterocycles. The smallest absolute Gasteiger partial charge is 0.248 e. The fourth-order valence-electron chi connectivity index (χ4n) is 1.87. The molecular formula is C18H17NO. The molecule has 0 fully saturated rings. The number of hydrogen-bond acceptors (Lipinski definition) is 1. The quantitative estimate of drug-likeness (QED) is 0.815. The molecule has 0 aliphatic heterocycles. The van der Waals surface area contributed by atoms with Crippen molar-refractivity contribution in [1.29, 1.82) is 0 Å². The molecule has 0 unspecified atom stereocenters. The van der Waals surface area contributed by atoms with E-state index in [0.717, 1.165) is 22.4 Å². The highest BCUT2D eigenvalue weighted by atomic mass is 16.1. The lowest BCUT2D eigenvalue weighted by molar-refractivity contribution is -0.111. The van der Waals surface area contributed by atoms with Gasteiger partial charge in [0, 0.05) is 17.3 Å². The zero-order valence-corrected chi connectivity index (χ0v) is 11.5. The maximum Gasteiger partial charge on any atom is 0.248 e. The first-order valence-electron chi connectivity index (χ1n) is 6.46. The number of benzene rings is 2. The van der Waals surface area contributed by atoms with Gasteiger partial charge in [-0.3, -0.25) is 4.79 Å². The van der Waals surface area contributed by atoms with E-state index in [1.165, 1.54) is 6.08 Å². The Morgan fingerprint density at radius 1 is 1.05 bits per heavy atom. The minimum Gasteiger partial charge on any atom is -0.322 e. The molecule has 0 bridgehead atoms. The van der Waals surface area contributed by atoms with Crippen LogP contribution in [0.25, 0.3) is 11.6 Å². The largest absolute Gasteiger partial charge is 0.322 e. The van der Waals surface area contributed by atoms with E-state index in [2.05, 4.69) is 11.9 Å². The van der Waals surface area contributed by atoms with Gasteiger partial charge in [0.25, 0.3) is 0 Å². The number of hydrogen-bond donors (Lipinski definition) is 1. The topological polar surface area (TPSA) is 29.1 Å². The van der Waals surface area contributed by atoms with Crippen LogP contribution >= 0.6 is 0 Å². The van der Waals surface area contributed by atoms with Gasteiger partial charge in [-0.2, -0.15) is 0 Å².